The Labute approximate surface area is 148 Å². The minimum absolute atomic E-state index is 0.0897. The van der Waals surface area contributed by atoms with E-state index in [9.17, 15) is 18.0 Å². The number of rotatable bonds is 7. The van der Waals surface area contributed by atoms with Gasteiger partial charge in [-0.25, -0.2) is 17.9 Å². The van der Waals surface area contributed by atoms with Gasteiger partial charge in [0.1, 0.15) is 5.54 Å². The van der Waals surface area contributed by atoms with Gasteiger partial charge in [0.05, 0.1) is 11.5 Å². The highest BCUT2D eigenvalue weighted by atomic mass is 32.2. The molecule has 8 heteroatoms. The van der Waals surface area contributed by atoms with Crippen LogP contribution in [-0.2, 0) is 19.6 Å². The fourth-order valence-electron chi connectivity index (χ4n) is 2.98. The predicted octanol–water partition coefficient (Wildman–Crippen LogP) is 1.59. The number of carbonyl (C=O) groups is 2. The van der Waals surface area contributed by atoms with Crippen molar-refractivity contribution in [1.29, 1.82) is 0 Å². The van der Waals surface area contributed by atoms with Crippen molar-refractivity contribution in [2.24, 2.45) is 0 Å². The summed E-state index contributed by atoms with van der Waals surface area (Å²) in [6.45, 7) is 3.96. The minimum Gasteiger partial charge on any atom is -0.464 e. The summed E-state index contributed by atoms with van der Waals surface area (Å²) in [4.78, 5) is 24.9. The third-order valence-corrected chi connectivity index (χ3v) is 5.80. The lowest BCUT2D eigenvalue weighted by molar-refractivity contribution is -0.150. The van der Waals surface area contributed by atoms with Crippen LogP contribution in [0, 0.1) is 0 Å². The molecule has 0 saturated heterocycles. The third kappa shape index (κ3) is 4.38. The van der Waals surface area contributed by atoms with Crippen LogP contribution in [-0.4, -0.2) is 39.0 Å². The van der Waals surface area contributed by atoms with E-state index < -0.39 is 27.4 Å². The smallest absolute Gasteiger partial charge is 0.331 e. The van der Waals surface area contributed by atoms with Crippen LogP contribution in [0.1, 0.15) is 49.9 Å². The Hall–Kier alpha value is -1.93. The number of sulfonamides is 1. The number of hydrogen-bond acceptors (Lipinski definition) is 5. The molecule has 1 amide bonds. The average molecular weight is 368 g/mol. The predicted molar refractivity (Wildman–Crippen MR) is 92.6 cm³/mol. The van der Waals surface area contributed by atoms with E-state index in [1.54, 1.807) is 13.8 Å². The van der Waals surface area contributed by atoms with E-state index in [0.29, 0.717) is 18.4 Å². The van der Waals surface area contributed by atoms with Gasteiger partial charge in [0, 0.05) is 12.1 Å². The van der Waals surface area contributed by atoms with Crippen LogP contribution in [0.3, 0.4) is 0 Å². The van der Waals surface area contributed by atoms with Crippen molar-refractivity contribution in [3.05, 3.63) is 29.8 Å². The molecular weight excluding hydrogens is 344 g/mol. The molecule has 2 N–H and O–H groups in total. The SMILES string of the molecule is CCNS(=O)(=O)c1ccc(C(=O)NC2(C(=O)OCC)CCCC2)cc1. The largest absolute Gasteiger partial charge is 0.464 e. The van der Waals surface area contributed by atoms with Crippen LogP contribution < -0.4 is 10.0 Å². The van der Waals surface area contributed by atoms with Gasteiger partial charge in [-0.15, -0.1) is 0 Å². The lowest BCUT2D eigenvalue weighted by Crippen LogP contribution is -2.53. The van der Waals surface area contributed by atoms with Gasteiger partial charge in [-0.1, -0.05) is 19.8 Å². The van der Waals surface area contributed by atoms with Crippen LogP contribution in [0.25, 0.3) is 0 Å². The summed E-state index contributed by atoms with van der Waals surface area (Å²) in [5.41, 5.74) is -0.687. The summed E-state index contributed by atoms with van der Waals surface area (Å²) >= 11 is 0. The van der Waals surface area contributed by atoms with Crippen molar-refractivity contribution in [2.75, 3.05) is 13.2 Å². The molecule has 7 nitrogen and oxygen atoms in total. The zero-order valence-electron chi connectivity index (χ0n) is 14.5. The third-order valence-electron chi connectivity index (χ3n) is 4.24. The van der Waals surface area contributed by atoms with Crippen molar-refractivity contribution in [2.45, 2.75) is 50.0 Å². The average Bonchev–Trinajstić information content (AvgIpc) is 3.05. The molecule has 1 aromatic rings. The molecule has 1 saturated carbocycles. The van der Waals surface area contributed by atoms with Crippen molar-refractivity contribution in [1.82, 2.24) is 10.0 Å². The van der Waals surface area contributed by atoms with Crippen LogP contribution in [0.5, 0.6) is 0 Å². The highest BCUT2D eigenvalue weighted by molar-refractivity contribution is 7.89. The fourth-order valence-corrected chi connectivity index (χ4v) is 4.02. The van der Waals surface area contributed by atoms with E-state index >= 15 is 0 Å². The number of hydrogen-bond donors (Lipinski definition) is 2. The number of esters is 1. The van der Waals surface area contributed by atoms with E-state index in [1.165, 1.54) is 24.3 Å². The number of nitrogens with one attached hydrogen (secondary N) is 2. The summed E-state index contributed by atoms with van der Waals surface area (Å²) in [5, 5.41) is 2.80. The zero-order chi connectivity index (χ0) is 18.5. The van der Waals surface area contributed by atoms with Gasteiger partial charge in [0.15, 0.2) is 0 Å². The van der Waals surface area contributed by atoms with E-state index in [4.69, 9.17) is 4.74 Å². The van der Waals surface area contributed by atoms with Gasteiger partial charge in [0.2, 0.25) is 10.0 Å². The summed E-state index contributed by atoms with van der Waals surface area (Å²) in [7, 11) is -3.56. The number of ether oxygens (including phenoxy) is 1. The standard InChI is InChI=1S/C17H24N2O5S/c1-3-18-25(22,23)14-9-7-13(8-10-14)15(20)19-17(11-5-6-12-17)16(21)24-4-2/h7-10,18H,3-6,11-12H2,1-2H3,(H,19,20). The summed E-state index contributed by atoms with van der Waals surface area (Å²) in [6.07, 6.45) is 2.78. The van der Waals surface area contributed by atoms with Crippen molar-refractivity contribution in [3.63, 3.8) is 0 Å². The van der Waals surface area contributed by atoms with Gasteiger partial charge in [-0.05, 0) is 44.0 Å². The molecule has 0 heterocycles. The normalized spacial score (nSPS) is 16.4. The molecule has 0 aliphatic heterocycles. The number of carbonyl (C=O) groups excluding carboxylic acids is 2. The Morgan fingerprint density at radius 1 is 1.12 bits per heavy atom. The van der Waals surface area contributed by atoms with Crippen LogP contribution >= 0.6 is 0 Å². The maximum absolute atomic E-state index is 12.5. The molecule has 0 spiro atoms. The molecule has 0 unspecified atom stereocenters. The molecule has 1 aliphatic rings. The first-order valence-corrected chi connectivity index (χ1v) is 9.92. The fraction of sp³-hybridized carbons (Fsp3) is 0.529. The molecule has 1 fully saturated rings. The molecule has 0 bridgehead atoms. The van der Waals surface area contributed by atoms with Gasteiger partial charge >= 0.3 is 5.97 Å². The van der Waals surface area contributed by atoms with E-state index in [1.807, 2.05) is 0 Å². The molecule has 0 radical (unpaired) electrons. The van der Waals surface area contributed by atoms with Gasteiger partial charge < -0.3 is 10.1 Å². The quantitative estimate of drug-likeness (QED) is 0.712. The first-order valence-electron chi connectivity index (χ1n) is 8.44. The molecule has 0 atom stereocenters. The van der Waals surface area contributed by atoms with Crippen molar-refractivity contribution < 1.29 is 22.7 Å². The molecule has 25 heavy (non-hydrogen) atoms. The molecule has 1 aromatic carbocycles. The minimum atomic E-state index is -3.56. The number of amides is 1. The molecule has 138 valence electrons. The van der Waals surface area contributed by atoms with E-state index in [-0.39, 0.29) is 18.0 Å². The lowest BCUT2D eigenvalue weighted by atomic mass is 9.97. The van der Waals surface area contributed by atoms with Gasteiger partial charge in [-0.2, -0.15) is 0 Å². The molecule has 2 rings (SSSR count). The second-order valence-electron chi connectivity index (χ2n) is 5.99. The first-order chi connectivity index (χ1) is 11.8. The molecule has 1 aliphatic carbocycles. The molecule has 0 aromatic heterocycles. The van der Waals surface area contributed by atoms with Gasteiger partial charge in [-0.3, -0.25) is 4.79 Å². The van der Waals surface area contributed by atoms with Crippen LogP contribution in [0.4, 0.5) is 0 Å². The Morgan fingerprint density at radius 2 is 1.72 bits per heavy atom. The van der Waals surface area contributed by atoms with E-state index in [2.05, 4.69) is 10.0 Å². The van der Waals surface area contributed by atoms with E-state index in [0.717, 1.165) is 12.8 Å². The van der Waals surface area contributed by atoms with Crippen LogP contribution in [0.2, 0.25) is 0 Å². The van der Waals surface area contributed by atoms with Crippen molar-refractivity contribution in [3.8, 4) is 0 Å². The van der Waals surface area contributed by atoms with Crippen LogP contribution in [0.15, 0.2) is 29.2 Å². The summed E-state index contributed by atoms with van der Waals surface area (Å²) in [5.74, 6) is -0.824. The Bertz CT molecular complexity index is 722. The number of benzene rings is 1. The Kier molecular flexibility index (Phi) is 6.18. The highest BCUT2D eigenvalue weighted by Crippen LogP contribution is 2.31. The maximum atomic E-state index is 12.5. The molecular formula is C17H24N2O5S. The topological polar surface area (TPSA) is 102 Å². The second-order valence-corrected chi connectivity index (χ2v) is 7.76. The monoisotopic (exact) mass is 368 g/mol. The lowest BCUT2D eigenvalue weighted by Gasteiger charge is -2.27. The first kappa shape index (κ1) is 19.4. The summed E-state index contributed by atoms with van der Waals surface area (Å²) in [6, 6.07) is 5.62. The van der Waals surface area contributed by atoms with Gasteiger partial charge in [0.25, 0.3) is 5.91 Å². The summed E-state index contributed by atoms with van der Waals surface area (Å²) < 4.78 is 31.4. The second kappa shape index (κ2) is 7.97. The van der Waals surface area contributed by atoms with Crippen molar-refractivity contribution >= 4 is 21.9 Å². The highest BCUT2D eigenvalue weighted by Gasteiger charge is 2.43. The zero-order valence-corrected chi connectivity index (χ0v) is 15.3. The Morgan fingerprint density at radius 3 is 2.24 bits per heavy atom. The maximum Gasteiger partial charge on any atom is 0.331 e. The Balaban J connectivity index is 2.16.